The number of ether oxygens (including phenoxy) is 1. The molecule has 7 heteroatoms. The topological polar surface area (TPSA) is 61.0 Å². The first-order valence-corrected chi connectivity index (χ1v) is 9.79. The third-order valence-corrected chi connectivity index (χ3v) is 5.44. The first-order chi connectivity index (χ1) is 12.8. The molecule has 2 aromatic carbocycles. The van der Waals surface area contributed by atoms with Gasteiger partial charge in [0.1, 0.15) is 10.8 Å². The Hall–Kier alpha value is -2.64. The molecule has 0 atom stereocenters. The Morgan fingerprint density at radius 3 is 2.69 bits per heavy atom. The Kier molecular flexibility index (Phi) is 4.99. The third kappa shape index (κ3) is 3.63. The van der Waals surface area contributed by atoms with E-state index in [2.05, 4.69) is 10.2 Å². The van der Waals surface area contributed by atoms with E-state index in [0.29, 0.717) is 16.9 Å². The Balaban J connectivity index is 1.45. The third-order valence-electron chi connectivity index (χ3n) is 3.66. The van der Waals surface area contributed by atoms with Gasteiger partial charge >= 0.3 is 0 Å². The molecule has 0 spiro atoms. The van der Waals surface area contributed by atoms with E-state index >= 15 is 0 Å². The highest BCUT2D eigenvalue weighted by Crippen LogP contribution is 2.33. The predicted molar refractivity (Wildman–Crippen MR) is 103 cm³/mol. The molecule has 4 rings (SSSR count). The molecular weight excluding hydrogens is 366 g/mol. The molecule has 0 aliphatic rings. The standard InChI is InChI=1S/C19H15N3O2S2/c1-23-16-10-6-5-9-15(16)18-20-14(11-25-18)12-26-19-22-21-17(24-19)13-7-3-2-4-8-13/h2-11H,12H2,1H3. The molecule has 0 radical (unpaired) electrons. The van der Waals surface area contributed by atoms with E-state index in [-0.39, 0.29) is 0 Å². The molecule has 0 saturated heterocycles. The smallest absolute Gasteiger partial charge is 0.277 e. The van der Waals surface area contributed by atoms with Crippen molar-refractivity contribution in [2.24, 2.45) is 0 Å². The minimum atomic E-state index is 0.529. The van der Waals surface area contributed by atoms with Crippen molar-refractivity contribution in [2.75, 3.05) is 7.11 Å². The number of methoxy groups -OCH3 is 1. The van der Waals surface area contributed by atoms with Gasteiger partial charge in [0, 0.05) is 16.7 Å². The number of aromatic nitrogens is 3. The number of hydrogen-bond acceptors (Lipinski definition) is 7. The zero-order valence-corrected chi connectivity index (χ0v) is 15.6. The van der Waals surface area contributed by atoms with Crippen molar-refractivity contribution in [1.29, 1.82) is 0 Å². The molecule has 26 heavy (non-hydrogen) atoms. The first-order valence-electron chi connectivity index (χ1n) is 7.93. The summed E-state index contributed by atoms with van der Waals surface area (Å²) in [5.74, 6) is 2.02. The van der Waals surface area contributed by atoms with Gasteiger partial charge in [-0.3, -0.25) is 0 Å². The fourth-order valence-corrected chi connectivity index (χ4v) is 4.03. The molecule has 5 nitrogen and oxygen atoms in total. The van der Waals surface area contributed by atoms with Gasteiger partial charge in [-0.05, 0) is 24.3 Å². The molecule has 0 saturated carbocycles. The van der Waals surface area contributed by atoms with Gasteiger partial charge in [-0.15, -0.1) is 21.5 Å². The van der Waals surface area contributed by atoms with Crippen molar-refractivity contribution in [2.45, 2.75) is 11.0 Å². The number of thioether (sulfide) groups is 1. The Bertz CT molecular complexity index is 999. The fourth-order valence-electron chi connectivity index (χ4n) is 2.42. The molecule has 0 aliphatic heterocycles. The van der Waals surface area contributed by atoms with E-state index in [1.165, 1.54) is 11.8 Å². The van der Waals surface area contributed by atoms with E-state index in [0.717, 1.165) is 27.6 Å². The number of rotatable bonds is 6. The monoisotopic (exact) mass is 381 g/mol. The maximum absolute atomic E-state index is 5.72. The Morgan fingerprint density at radius 2 is 1.85 bits per heavy atom. The maximum Gasteiger partial charge on any atom is 0.277 e. The summed E-state index contributed by atoms with van der Waals surface area (Å²) in [5.41, 5.74) is 2.89. The summed E-state index contributed by atoms with van der Waals surface area (Å²) < 4.78 is 11.1. The molecule has 0 unspecified atom stereocenters. The highest BCUT2D eigenvalue weighted by atomic mass is 32.2. The molecule has 0 N–H and O–H groups in total. The van der Waals surface area contributed by atoms with Crippen molar-refractivity contribution >= 4 is 23.1 Å². The van der Waals surface area contributed by atoms with Crippen LogP contribution in [0.1, 0.15) is 5.69 Å². The van der Waals surface area contributed by atoms with Gasteiger partial charge in [0.15, 0.2) is 0 Å². The number of benzene rings is 2. The molecule has 0 amide bonds. The summed E-state index contributed by atoms with van der Waals surface area (Å²) in [5, 5.41) is 11.7. The summed E-state index contributed by atoms with van der Waals surface area (Å²) in [4.78, 5) is 4.70. The minimum Gasteiger partial charge on any atom is -0.496 e. The van der Waals surface area contributed by atoms with E-state index in [1.54, 1.807) is 18.4 Å². The zero-order valence-electron chi connectivity index (χ0n) is 14.0. The van der Waals surface area contributed by atoms with Crippen molar-refractivity contribution in [3.05, 3.63) is 65.7 Å². The van der Waals surface area contributed by atoms with Gasteiger partial charge in [0.2, 0.25) is 5.89 Å². The lowest BCUT2D eigenvalue weighted by molar-refractivity contribution is 0.416. The lowest BCUT2D eigenvalue weighted by Gasteiger charge is -2.04. The number of thiazole rings is 1. The Labute approximate surface area is 159 Å². The van der Waals surface area contributed by atoms with Crippen LogP contribution in [0.4, 0.5) is 0 Å². The van der Waals surface area contributed by atoms with Crippen LogP contribution in [-0.4, -0.2) is 22.3 Å². The van der Waals surface area contributed by atoms with Gasteiger partial charge in [-0.2, -0.15) is 0 Å². The fraction of sp³-hybridized carbons (Fsp3) is 0.105. The predicted octanol–water partition coefficient (Wildman–Crippen LogP) is 5.16. The van der Waals surface area contributed by atoms with Crippen LogP contribution < -0.4 is 4.74 Å². The second kappa shape index (κ2) is 7.72. The van der Waals surface area contributed by atoms with E-state index in [4.69, 9.17) is 14.1 Å². The van der Waals surface area contributed by atoms with E-state index in [9.17, 15) is 0 Å². The van der Waals surface area contributed by atoms with Gasteiger partial charge in [-0.25, -0.2) is 4.98 Å². The number of para-hydroxylation sites is 1. The maximum atomic E-state index is 5.72. The van der Waals surface area contributed by atoms with E-state index < -0.39 is 0 Å². The SMILES string of the molecule is COc1ccccc1-c1nc(CSc2nnc(-c3ccccc3)o2)cs1. The first kappa shape index (κ1) is 16.8. The second-order valence-corrected chi connectivity index (χ2v) is 7.16. The average molecular weight is 381 g/mol. The lowest BCUT2D eigenvalue weighted by atomic mass is 10.2. The molecule has 0 fully saturated rings. The van der Waals surface area contributed by atoms with Crippen molar-refractivity contribution < 1.29 is 9.15 Å². The highest BCUT2D eigenvalue weighted by molar-refractivity contribution is 7.98. The van der Waals surface area contributed by atoms with Crippen LogP contribution in [0.5, 0.6) is 5.75 Å². The minimum absolute atomic E-state index is 0.529. The van der Waals surface area contributed by atoms with Gasteiger partial charge in [0.05, 0.1) is 18.4 Å². The van der Waals surface area contributed by atoms with E-state index in [1.807, 2.05) is 60.0 Å². The highest BCUT2D eigenvalue weighted by Gasteiger charge is 2.12. The van der Waals surface area contributed by atoms with Crippen LogP contribution in [-0.2, 0) is 5.75 Å². The normalized spacial score (nSPS) is 10.8. The number of hydrogen-bond donors (Lipinski definition) is 0. The lowest BCUT2D eigenvalue weighted by Crippen LogP contribution is -1.87. The van der Waals surface area contributed by atoms with Gasteiger partial charge in [0.25, 0.3) is 5.22 Å². The summed E-state index contributed by atoms with van der Waals surface area (Å²) in [7, 11) is 1.67. The molecule has 0 bridgehead atoms. The Morgan fingerprint density at radius 1 is 1.04 bits per heavy atom. The number of nitrogens with zero attached hydrogens (tertiary/aromatic N) is 3. The van der Waals surface area contributed by atoms with Crippen LogP contribution in [0, 0.1) is 0 Å². The van der Waals surface area contributed by atoms with Crippen molar-refractivity contribution in [3.8, 4) is 27.8 Å². The van der Waals surface area contributed by atoms with Crippen LogP contribution in [0.15, 0.2) is 69.6 Å². The van der Waals surface area contributed by atoms with Crippen molar-refractivity contribution in [3.63, 3.8) is 0 Å². The second-order valence-electron chi connectivity index (χ2n) is 5.37. The quantitative estimate of drug-likeness (QED) is 0.430. The summed E-state index contributed by atoms with van der Waals surface area (Å²) in [6.45, 7) is 0. The molecular formula is C19H15N3O2S2. The van der Waals surface area contributed by atoms with Crippen LogP contribution in [0.3, 0.4) is 0 Å². The van der Waals surface area contributed by atoms with Crippen LogP contribution in [0.25, 0.3) is 22.0 Å². The molecule has 130 valence electrons. The summed E-state index contributed by atoms with van der Waals surface area (Å²) in [6, 6.07) is 17.6. The zero-order chi connectivity index (χ0) is 17.8. The van der Waals surface area contributed by atoms with Crippen LogP contribution >= 0.6 is 23.1 Å². The van der Waals surface area contributed by atoms with Crippen molar-refractivity contribution in [1.82, 2.24) is 15.2 Å². The van der Waals surface area contributed by atoms with Gasteiger partial charge < -0.3 is 9.15 Å². The molecule has 2 aromatic heterocycles. The average Bonchev–Trinajstić information content (AvgIpc) is 3.36. The molecule has 0 aliphatic carbocycles. The van der Waals surface area contributed by atoms with Gasteiger partial charge in [-0.1, -0.05) is 42.1 Å². The largest absolute Gasteiger partial charge is 0.496 e. The molecule has 4 aromatic rings. The summed E-state index contributed by atoms with van der Waals surface area (Å²) in [6.07, 6.45) is 0. The summed E-state index contributed by atoms with van der Waals surface area (Å²) >= 11 is 3.08. The molecule has 2 heterocycles. The van der Waals surface area contributed by atoms with Crippen LogP contribution in [0.2, 0.25) is 0 Å².